The molecule has 0 bridgehead atoms. The molecule has 1 aliphatic heterocycles. The first-order valence-electron chi connectivity index (χ1n) is 10.0. The van der Waals surface area contributed by atoms with Gasteiger partial charge in [0.05, 0.1) is 12.8 Å². The Kier molecular flexibility index (Phi) is 6.29. The zero-order valence-corrected chi connectivity index (χ0v) is 18.1. The predicted molar refractivity (Wildman–Crippen MR) is 122 cm³/mol. The van der Waals surface area contributed by atoms with Gasteiger partial charge >= 0.3 is 0 Å². The maximum absolute atomic E-state index is 12.6. The quantitative estimate of drug-likeness (QED) is 0.590. The van der Waals surface area contributed by atoms with Crippen LogP contribution in [0.5, 0.6) is 5.75 Å². The molecule has 2 heterocycles. The number of ether oxygens (including phenoxy) is 1. The maximum Gasteiger partial charge on any atom is 0.236 e. The number of rotatable bonds is 6. The summed E-state index contributed by atoms with van der Waals surface area (Å²) in [5.74, 6) is 1.54. The van der Waals surface area contributed by atoms with E-state index in [9.17, 15) is 8.42 Å². The van der Waals surface area contributed by atoms with Crippen LogP contribution >= 0.6 is 0 Å². The van der Waals surface area contributed by atoms with Crippen LogP contribution in [0, 0.1) is 0 Å². The van der Waals surface area contributed by atoms with Crippen LogP contribution in [0.15, 0.2) is 72.1 Å². The van der Waals surface area contributed by atoms with E-state index in [4.69, 9.17) is 4.74 Å². The summed E-state index contributed by atoms with van der Waals surface area (Å²) in [6.45, 7) is 1.94. The molecule has 0 radical (unpaired) electrons. The lowest BCUT2D eigenvalue weighted by Gasteiger charge is -2.33. The molecule has 8 heteroatoms. The fourth-order valence-electron chi connectivity index (χ4n) is 3.40. The van der Waals surface area contributed by atoms with Crippen molar-refractivity contribution >= 4 is 21.9 Å². The molecule has 1 aromatic heterocycles. The molecule has 0 spiro atoms. The van der Waals surface area contributed by atoms with Crippen LogP contribution in [0.1, 0.15) is 5.56 Å². The molecule has 0 saturated carbocycles. The second kappa shape index (κ2) is 9.28. The first-order chi connectivity index (χ1) is 15.0. The molecule has 31 heavy (non-hydrogen) atoms. The number of hydrogen-bond donors (Lipinski definition) is 0. The van der Waals surface area contributed by atoms with Gasteiger partial charge in [-0.05, 0) is 48.0 Å². The number of piperazine rings is 1. The minimum absolute atomic E-state index is 0.406. The number of hydrogen-bond acceptors (Lipinski definition) is 6. The molecule has 0 atom stereocenters. The van der Waals surface area contributed by atoms with Gasteiger partial charge in [-0.25, -0.2) is 8.42 Å². The van der Waals surface area contributed by atoms with Crippen LogP contribution in [0.3, 0.4) is 0 Å². The molecule has 1 fully saturated rings. The zero-order valence-electron chi connectivity index (χ0n) is 17.3. The Hall–Kier alpha value is -3.23. The number of anilines is 1. The molecule has 2 aromatic carbocycles. The maximum atomic E-state index is 12.6. The Bertz CT molecular complexity index is 1120. The van der Waals surface area contributed by atoms with E-state index in [1.807, 2.05) is 66.7 Å². The van der Waals surface area contributed by atoms with Crippen molar-refractivity contribution in [2.75, 3.05) is 38.2 Å². The summed E-state index contributed by atoms with van der Waals surface area (Å²) in [5, 5.41) is 9.96. The monoisotopic (exact) mass is 436 g/mol. The molecule has 7 nitrogen and oxygen atoms in total. The first-order valence-corrected chi connectivity index (χ1v) is 11.5. The van der Waals surface area contributed by atoms with E-state index in [2.05, 4.69) is 15.1 Å². The van der Waals surface area contributed by atoms with E-state index in [0.717, 1.165) is 28.4 Å². The molecular weight excluding hydrogens is 412 g/mol. The topological polar surface area (TPSA) is 75.6 Å². The standard InChI is InChI=1S/C23H24N4O3S/c1-30-21-9-7-20(8-10-21)22-11-12-23(25-24-22)26-14-16-27(17-15-26)31(28,29)18-13-19-5-3-2-4-6-19/h2-13,18H,14-17H2,1H3. The van der Waals surface area contributed by atoms with Crippen molar-refractivity contribution in [3.63, 3.8) is 0 Å². The van der Waals surface area contributed by atoms with Crippen molar-refractivity contribution in [3.05, 3.63) is 77.7 Å². The number of methoxy groups -OCH3 is 1. The average molecular weight is 437 g/mol. The number of aromatic nitrogens is 2. The molecule has 1 aliphatic rings. The van der Waals surface area contributed by atoms with Crippen molar-refractivity contribution in [1.29, 1.82) is 0 Å². The third kappa shape index (κ3) is 5.10. The lowest BCUT2D eigenvalue weighted by Crippen LogP contribution is -2.48. The molecule has 3 aromatic rings. The minimum atomic E-state index is -3.46. The fourth-order valence-corrected chi connectivity index (χ4v) is 4.57. The predicted octanol–water partition coefficient (Wildman–Crippen LogP) is 3.27. The Labute approximate surface area is 182 Å². The third-order valence-corrected chi connectivity index (χ3v) is 6.76. The smallest absolute Gasteiger partial charge is 0.236 e. The highest BCUT2D eigenvalue weighted by Crippen LogP contribution is 2.22. The van der Waals surface area contributed by atoms with Crippen LogP contribution in [-0.2, 0) is 10.0 Å². The SMILES string of the molecule is COc1ccc(-c2ccc(N3CCN(S(=O)(=O)C=Cc4ccccc4)CC3)nn2)cc1. The van der Waals surface area contributed by atoms with Crippen molar-refractivity contribution in [2.24, 2.45) is 0 Å². The van der Waals surface area contributed by atoms with Crippen molar-refractivity contribution in [3.8, 4) is 17.0 Å². The van der Waals surface area contributed by atoms with E-state index in [-0.39, 0.29) is 0 Å². The first kappa shape index (κ1) is 21.0. The molecule has 0 unspecified atom stereocenters. The summed E-state index contributed by atoms with van der Waals surface area (Å²) in [4.78, 5) is 2.05. The van der Waals surface area contributed by atoms with Crippen molar-refractivity contribution in [2.45, 2.75) is 0 Å². The normalized spacial score (nSPS) is 15.3. The lowest BCUT2D eigenvalue weighted by atomic mass is 10.1. The van der Waals surface area contributed by atoms with E-state index < -0.39 is 10.0 Å². The van der Waals surface area contributed by atoms with E-state index in [0.29, 0.717) is 26.2 Å². The molecular formula is C23H24N4O3S. The van der Waals surface area contributed by atoms with E-state index >= 15 is 0 Å². The highest BCUT2D eigenvalue weighted by atomic mass is 32.2. The van der Waals surface area contributed by atoms with Gasteiger partial charge < -0.3 is 9.64 Å². The second-order valence-corrected chi connectivity index (χ2v) is 8.97. The fraction of sp³-hybridized carbons (Fsp3) is 0.217. The lowest BCUT2D eigenvalue weighted by molar-refractivity contribution is 0.388. The number of sulfonamides is 1. The second-order valence-electron chi connectivity index (χ2n) is 7.15. The number of benzene rings is 2. The minimum Gasteiger partial charge on any atom is -0.497 e. The van der Waals surface area contributed by atoms with Crippen LogP contribution in [0.25, 0.3) is 17.3 Å². The van der Waals surface area contributed by atoms with Gasteiger partial charge in [-0.3, -0.25) is 0 Å². The molecule has 0 N–H and O–H groups in total. The van der Waals surface area contributed by atoms with Gasteiger partial charge in [-0.1, -0.05) is 30.3 Å². The highest BCUT2D eigenvalue weighted by Gasteiger charge is 2.25. The molecule has 1 saturated heterocycles. The van der Waals surface area contributed by atoms with E-state index in [1.165, 1.54) is 9.71 Å². The Morgan fingerprint density at radius 3 is 2.19 bits per heavy atom. The van der Waals surface area contributed by atoms with Crippen molar-refractivity contribution < 1.29 is 13.2 Å². The van der Waals surface area contributed by atoms with E-state index in [1.54, 1.807) is 13.2 Å². The van der Waals surface area contributed by atoms with Gasteiger partial charge in [-0.15, -0.1) is 10.2 Å². The van der Waals surface area contributed by atoms with Gasteiger partial charge in [0.2, 0.25) is 10.0 Å². The van der Waals surface area contributed by atoms with Gasteiger partial charge in [0.25, 0.3) is 0 Å². The summed E-state index contributed by atoms with van der Waals surface area (Å²) >= 11 is 0. The Balaban J connectivity index is 1.37. The van der Waals surface area contributed by atoms with Gasteiger partial charge in [-0.2, -0.15) is 4.31 Å². The number of nitrogens with zero attached hydrogens (tertiary/aromatic N) is 4. The van der Waals surface area contributed by atoms with Gasteiger partial charge in [0.15, 0.2) is 5.82 Å². The third-order valence-electron chi connectivity index (χ3n) is 5.19. The summed E-state index contributed by atoms with van der Waals surface area (Å²) in [5.41, 5.74) is 2.59. The summed E-state index contributed by atoms with van der Waals surface area (Å²) in [6.07, 6.45) is 1.63. The molecule has 0 aliphatic carbocycles. The average Bonchev–Trinajstić information content (AvgIpc) is 2.84. The van der Waals surface area contributed by atoms with Crippen LogP contribution in [0.4, 0.5) is 5.82 Å². The molecule has 4 rings (SSSR count). The molecule has 0 amide bonds. The summed E-state index contributed by atoms with van der Waals surface area (Å²) in [6, 6.07) is 20.9. The van der Waals surface area contributed by atoms with Crippen molar-refractivity contribution in [1.82, 2.24) is 14.5 Å². The van der Waals surface area contributed by atoms with Crippen LogP contribution in [0.2, 0.25) is 0 Å². The summed E-state index contributed by atoms with van der Waals surface area (Å²) < 4.78 is 31.9. The largest absolute Gasteiger partial charge is 0.497 e. The van der Waals surface area contributed by atoms with Gasteiger partial charge in [0.1, 0.15) is 5.75 Å². The van der Waals surface area contributed by atoms with Crippen LogP contribution < -0.4 is 9.64 Å². The Morgan fingerprint density at radius 1 is 0.871 bits per heavy atom. The summed E-state index contributed by atoms with van der Waals surface area (Å²) in [7, 11) is -1.82. The Morgan fingerprint density at radius 2 is 1.58 bits per heavy atom. The van der Waals surface area contributed by atoms with Crippen LogP contribution in [-0.4, -0.2) is 56.2 Å². The van der Waals surface area contributed by atoms with Gasteiger partial charge in [0, 0.05) is 37.2 Å². The molecule has 160 valence electrons. The zero-order chi connectivity index (χ0) is 21.7. The highest BCUT2D eigenvalue weighted by molar-refractivity contribution is 7.92.